The summed E-state index contributed by atoms with van der Waals surface area (Å²) in [7, 11) is 0. The lowest BCUT2D eigenvalue weighted by atomic mass is 10.0. The number of amides is 1. The second-order valence-corrected chi connectivity index (χ2v) is 5.92. The van der Waals surface area contributed by atoms with E-state index in [1.54, 1.807) is 0 Å². The summed E-state index contributed by atoms with van der Waals surface area (Å²) < 4.78 is 0. The number of hydrogen-bond donors (Lipinski definition) is 0. The van der Waals surface area contributed by atoms with Crippen LogP contribution in [0.3, 0.4) is 0 Å². The van der Waals surface area contributed by atoms with Crippen LogP contribution >= 0.6 is 0 Å². The van der Waals surface area contributed by atoms with Crippen molar-refractivity contribution >= 4 is 5.91 Å². The number of likely N-dealkylation sites (tertiary alicyclic amines) is 1. The maximum Gasteiger partial charge on any atom is 0.236 e. The van der Waals surface area contributed by atoms with Gasteiger partial charge in [0.05, 0.1) is 6.54 Å². The Kier molecular flexibility index (Phi) is 6.24. The molecule has 1 aromatic carbocycles. The normalized spacial score (nSPS) is 18.9. The SMILES string of the molecule is CCCN(CCC)C(=O)CN1CCCC1c1ccccc1. The quantitative estimate of drug-likeness (QED) is 0.767. The molecule has 1 unspecified atom stereocenters. The first kappa shape index (κ1) is 16.0. The first-order valence-electron chi connectivity index (χ1n) is 8.33. The van der Waals surface area contributed by atoms with E-state index < -0.39 is 0 Å². The average Bonchev–Trinajstić information content (AvgIpc) is 2.96. The molecular weight excluding hydrogens is 260 g/mol. The lowest BCUT2D eigenvalue weighted by molar-refractivity contribution is -0.132. The molecule has 1 aliphatic heterocycles. The van der Waals surface area contributed by atoms with Gasteiger partial charge >= 0.3 is 0 Å². The summed E-state index contributed by atoms with van der Waals surface area (Å²) in [6.07, 6.45) is 4.43. The minimum Gasteiger partial charge on any atom is -0.342 e. The Bertz CT molecular complexity index is 426. The van der Waals surface area contributed by atoms with Crippen LogP contribution in [0.25, 0.3) is 0 Å². The van der Waals surface area contributed by atoms with Crippen molar-refractivity contribution in [3.8, 4) is 0 Å². The number of benzene rings is 1. The van der Waals surface area contributed by atoms with Crippen molar-refractivity contribution < 1.29 is 4.79 Å². The van der Waals surface area contributed by atoms with Crippen molar-refractivity contribution in [3.05, 3.63) is 35.9 Å². The molecule has 1 atom stereocenters. The summed E-state index contributed by atoms with van der Waals surface area (Å²) in [6, 6.07) is 11.0. The second kappa shape index (κ2) is 8.18. The largest absolute Gasteiger partial charge is 0.342 e. The first-order valence-corrected chi connectivity index (χ1v) is 8.33. The van der Waals surface area contributed by atoms with Crippen LogP contribution in [0.1, 0.15) is 51.1 Å². The molecule has 0 aliphatic carbocycles. The van der Waals surface area contributed by atoms with Crippen molar-refractivity contribution in [1.82, 2.24) is 9.80 Å². The van der Waals surface area contributed by atoms with Gasteiger partial charge in [-0.05, 0) is 37.8 Å². The fourth-order valence-corrected chi connectivity index (χ4v) is 3.24. The molecule has 116 valence electrons. The summed E-state index contributed by atoms with van der Waals surface area (Å²) in [5, 5.41) is 0. The minimum absolute atomic E-state index is 0.293. The van der Waals surface area contributed by atoms with Crippen molar-refractivity contribution in [2.24, 2.45) is 0 Å². The second-order valence-electron chi connectivity index (χ2n) is 5.92. The molecule has 1 amide bonds. The van der Waals surface area contributed by atoms with Gasteiger partial charge in [0, 0.05) is 19.1 Å². The van der Waals surface area contributed by atoms with Crippen LogP contribution in [0.15, 0.2) is 30.3 Å². The minimum atomic E-state index is 0.293. The van der Waals surface area contributed by atoms with E-state index in [0.717, 1.165) is 32.5 Å². The third kappa shape index (κ3) is 4.31. The zero-order valence-corrected chi connectivity index (χ0v) is 13.4. The fourth-order valence-electron chi connectivity index (χ4n) is 3.24. The van der Waals surface area contributed by atoms with E-state index in [-0.39, 0.29) is 0 Å². The predicted octanol–water partition coefficient (Wildman–Crippen LogP) is 3.47. The molecule has 1 aliphatic rings. The van der Waals surface area contributed by atoms with Crippen molar-refractivity contribution in [2.75, 3.05) is 26.2 Å². The molecule has 3 nitrogen and oxygen atoms in total. The summed E-state index contributed by atoms with van der Waals surface area (Å²) in [5.74, 6) is 0.293. The number of hydrogen-bond acceptors (Lipinski definition) is 2. The maximum atomic E-state index is 12.5. The summed E-state index contributed by atoms with van der Waals surface area (Å²) in [6.45, 7) is 7.65. The predicted molar refractivity (Wildman–Crippen MR) is 87.2 cm³/mol. The topological polar surface area (TPSA) is 23.6 Å². The molecule has 1 fully saturated rings. The van der Waals surface area contributed by atoms with E-state index in [2.05, 4.69) is 49.1 Å². The third-order valence-electron chi connectivity index (χ3n) is 4.23. The summed E-state index contributed by atoms with van der Waals surface area (Å²) in [4.78, 5) is 16.9. The van der Waals surface area contributed by atoms with Gasteiger partial charge in [-0.3, -0.25) is 9.69 Å². The molecule has 1 heterocycles. The molecule has 0 radical (unpaired) electrons. The Morgan fingerprint density at radius 3 is 2.48 bits per heavy atom. The number of carbonyl (C=O) groups is 1. The van der Waals surface area contributed by atoms with E-state index in [9.17, 15) is 4.79 Å². The molecule has 0 saturated carbocycles. The van der Waals surface area contributed by atoms with Gasteiger partial charge < -0.3 is 4.90 Å². The monoisotopic (exact) mass is 288 g/mol. The van der Waals surface area contributed by atoms with Crippen LogP contribution in [0.5, 0.6) is 0 Å². The van der Waals surface area contributed by atoms with Crippen LogP contribution in [0, 0.1) is 0 Å². The molecule has 21 heavy (non-hydrogen) atoms. The van der Waals surface area contributed by atoms with Gasteiger partial charge in [0.1, 0.15) is 0 Å². The molecule has 0 bridgehead atoms. The van der Waals surface area contributed by atoms with E-state index in [1.807, 2.05) is 4.90 Å². The lowest BCUT2D eigenvalue weighted by Crippen LogP contribution is -2.41. The van der Waals surface area contributed by atoms with Gasteiger partial charge in [0.15, 0.2) is 0 Å². The van der Waals surface area contributed by atoms with Gasteiger partial charge in [0.2, 0.25) is 5.91 Å². The van der Waals surface area contributed by atoms with Crippen LogP contribution in [0.4, 0.5) is 0 Å². The number of rotatable bonds is 7. The molecule has 0 N–H and O–H groups in total. The van der Waals surface area contributed by atoms with Gasteiger partial charge in [-0.15, -0.1) is 0 Å². The van der Waals surface area contributed by atoms with E-state index in [0.29, 0.717) is 18.5 Å². The molecule has 1 aromatic rings. The Balaban J connectivity index is 1.98. The molecule has 1 saturated heterocycles. The summed E-state index contributed by atoms with van der Waals surface area (Å²) in [5.41, 5.74) is 1.35. The van der Waals surface area contributed by atoms with Gasteiger partial charge in [-0.2, -0.15) is 0 Å². The Morgan fingerprint density at radius 1 is 1.19 bits per heavy atom. The molecule has 2 rings (SSSR count). The molecular formula is C18H28N2O. The Hall–Kier alpha value is -1.35. The summed E-state index contributed by atoms with van der Waals surface area (Å²) >= 11 is 0. The maximum absolute atomic E-state index is 12.5. The molecule has 3 heteroatoms. The zero-order valence-electron chi connectivity index (χ0n) is 13.4. The fraction of sp³-hybridized carbons (Fsp3) is 0.611. The highest BCUT2D eigenvalue weighted by atomic mass is 16.2. The van der Waals surface area contributed by atoms with Crippen molar-refractivity contribution in [1.29, 1.82) is 0 Å². The van der Waals surface area contributed by atoms with Crippen molar-refractivity contribution in [2.45, 2.75) is 45.6 Å². The van der Waals surface area contributed by atoms with E-state index >= 15 is 0 Å². The number of nitrogens with zero attached hydrogens (tertiary/aromatic N) is 2. The Morgan fingerprint density at radius 2 is 1.86 bits per heavy atom. The first-order chi connectivity index (χ1) is 10.3. The zero-order chi connectivity index (χ0) is 15.1. The third-order valence-corrected chi connectivity index (χ3v) is 4.23. The highest BCUT2D eigenvalue weighted by molar-refractivity contribution is 5.78. The smallest absolute Gasteiger partial charge is 0.236 e. The Labute approximate surface area is 128 Å². The van der Waals surface area contributed by atoms with Gasteiger partial charge in [-0.1, -0.05) is 44.2 Å². The molecule has 0 aromatic heterocycles. The van der Waals surface area contributed by atoms with E-state index in [1.165, 1.54) is 18.4 Å². The van der Waals surface area contributed by atoms with Crippen LogP contribution in [0.2, 0.25) is 0 Å². The highest BCUT2D eigenvalue weighted by Gasteiger charge is 2.28. The van der Waals surface area contributed by atoms with Crippen molar-refractivity contribution in [3.63, 3.8) is 0 Å². The van der Waals surface area contributed by atoms with Crippen LogP contribution < -0.4 is 0 Å². The number of carbonyl (C=O) groups excluding carboxylic acids is 1. The standard InChI is InChI=1S/C18H28N2O/c1-3-12-19(13-4-2)18(21)15-20-14-8-11-17(20)16-9-6-5-7-10-16/h5-7,9-10,17H,3-4,8,11-15H2,1-2H3. The van der Waals surface area contributed by atoms with E-state index in [4.69, 9.17) is 0 Å². The molecule has 0 spiro atoms. The van der Waals surface area contributed by atoms with Gasteiger partial charge in [-0.25, -0.2) is 0 Å². The highest BCUT2D eigenvalue weighted by Crippen LogP contribution is 2.31. The van der Waals surface area contributed by atoms with Gasteiger partial charge in [0.25, 0.3) is 0 Å². The van der Waals surface area contributed by atoms with Crippen LogP contribution in [-0.2, 0) is 4.79 Å². The van der Waals surface area contributed by atoms with Crippen LogP contribution in [-0.4, -0.2) is 41.9 Å². The average molecular weight is 288 g/mol. The lowest BCUT2D eigenvalue weighted by Gasteiger charge is -2.28.